The molecule has 5 N–H and O–H groups in total. The Morgan fingerprint density at radius 3 is 2.44 bits per heavy atom. The van der Waals surface area contributed by atoms with Crippen LogP contribution >= 0.6 is 0 Å². The van der Waals surface area contributed by atoms with Crippen LogP contribution in [0.1, 0.15) is 54.1 Å². The maximum Gasteiger partial charge on any atom is 0.273 e. The summed E-state index contributed by atoms with van der Waals surface area (Å²) in [7, 11) is 0. The van der Waals surface area contributed by atoms with Gasteiger partial charge in [0.2, 0.25) is 5.95 Å². The molecule has 142 valence electrons. The molecule has 1 aromatic heterocycles. The van der Waals surface area contributed by atoms with Crippen LogP contribution in [0.5, 0.6) is 0 Å². The molecule has 1 saturated heterocycles. The van der Waals surface area contributed by atoms with Crippen LogP contribution < -0.4 is 21.7 Å². The topological polar surface area (TPSA) is 118 Å². The zero-order valence-corrected chi connectivity index (χ0v) is 15.2. The van der Waals surface area contributed by atoms with Crippen LogP contribution in [0.2, 0.25) is 0 Å². The van der Waals surface area contributed by atoms with Crippen LogP contribution in [0.3, 0.4) is 0 Å². The van der Waals surface area contributed by atoms with Gasteiger partial charge in [0.25, 0.3) is 5.91 Å². The van der Waals surface area contributed by atoms with Gasteiger partial charge in [-0.1, -0.05) is 12.1 Å². The maximum atomic E-state index is 11.6. The van der Waals surface area contributed by atoms with Crippen LogP contribution in [0.25, 0.3) is 0 Å². The summed E-state index contributed by atoms with van der Waals surface area (Å²) in [5.41, 5.74) is 7.72. The molecule has 0 spiro atoms. The number of primary amides is 1. The van der Waals surface area contributed by atoms with Gasteiger partial charge in [0.1, 0.15) is 0 Å². The van der Waals surface area contributed by atoms with Gasteiger partial charge in [0, 0.05) is 11.7 Å². The van der Waals surface area contributed by atoms with Crippen molar-refractivity contribution in [3.8, 4) is 0 Å². The van der Waals surface area contributed by atoms with Crippen LogP contribution in [0.4, 0.5) is 17.5 Å². The van der Waals surface area contributed by atoms with Gasteiger partial charge >= 0.3 is 0 Å². The lowest BCUT2D eigenvalue weighted by atomic mass is 9.90. The van der Waals surface area contributed by atoms with Crippen molar-refractivity contribution in [2.45, 2.75) is 44.1 Å². The van der Waals surface area contributed by atoms with Gasteiger partial charge in [-0.3, -0.25) is 4.79 Å². The average Bonchev–Trinajstić information content (AvgIpc) is 2.66. The molecule has 1 saturated carbocycles. The van der Waals surface area contributed by atoms with Crippen molar-refractivity contribution in [1.82, 2.24) is 20.5 Å². The van der Waals surface area contributed by atoms with Crippen molar-refractivity contribution in [1.29, 1.82) is 0 Å². The van der Waals surface area contributed by atoms with Gasteiger partial charge in [-0.2, -0.15) is 4.98 Å². The van der Waals surface area contributed by atoms with E-state index >= 15 is 0 Å². The molecule has 0 bridgehead atoms. The predicted molar refractivity (Wildman–Crippen MR) is 104 cm³/mol. The van der Waals surface area contributed by atoms with Gasteiger partial charge in [-0.05, 0) is 68.8 Å². The van der Waals surface area contributed by atoms with E-state index in [2.05, 4.69) is 43.3 Å². The SMILES string of the molecule is NC(=O)c1nnc(Nc2ccc(C3CCNCC3)cc2)nc1NC1CCC1. The lowest BCUT2D eigenvalue weighted by Crippen LogP contribution is -2.30. The summed E-state index contributed by atoms with van der Waals surface area (Å²) in [5, 5.41) is 17.8. The largest absolute Gasteiger partial charge is 0.365 e. The van der Waals surface area contributed by atoms with Crippen molar-refractivity contribution in [3.05, 3.63) is 35.5 Å². The molecule has 0 atom stereocenters. The number of nitrogens with zero attached hydrogens (tertiary/aromatic N) is 3. The van der Waals surface area contributed by atoms with Crippen LogP contribution in [0.15, 0.2) is 24.3 Å². The number of nitrogens with two attached hydrogens (primary N) is 1. The number of hydrogen-bond donors (Lipinski definition) is 4. The molecule has 2 heterocycles. The molecule has 1 aliphatic carbocycles. The van der Waals surface area contributed by atoms with E-state index in [9.17, 15) is 4.79 Å². The molecule has 1 aliphatic heterocycles. The van der Waals surface area contributed by atoms with Crippen molar-refractivity contribution >= 4 is 23.4 Å². The first kappa shape index (κ1) is 17.7. The fraction of sp³-hybridized carbons (Fsp3) is 0.474. The number of carbonyl (C=O) groups excluding carboxylic acids is 1. The minimum absolute atomic E-state index is 0.0775. The number of aromatic nitrogens is 3. The quantitative estimate of drug-likeness (QED) is 0.618. The molecule has 0 unspecified atom stereocenters. The molecule has 8 nitrogen and oxygen atoms in total. The summed E-state index contributed by atoms with van der Waals surface area (Å²) < 4.78 is 0. The number of anilines is 3. The minimum Gasteiger partial charge on any atom is -0.365 e. The standard InChI is InChI=1S/C19H25N7O/c20-17(27)16-18(22-14-2-1-3-14)24-19(26-25-16)23-15-6-4-12(5-7-15)13-8-10-21-11-9-13/h4-7,13-14,21H,1-3,8-11H2,(H2,20,27)(H2,22,23,24,26). The highest BCUT2D eigenvalue weighted by Crippen LogP contribution is 2.27. The maximum absolute atomic E-state index is 11.6. The average molecular weight is 367 g/mol. The molecule has 4 rings (SSSR count). The van der Waals surface area contributed by atoms with Crippen LogP contribution in [-0.4, -0.2) is 40.2 Å². The van der Waals surface area contributed by atoms with Crippen molar-refractivity contribution in [3.63, 3.8) is 0 Å². The van der Waals surface area contributed by atoms with Crippen LogP contribution in [-0.2, 0) is 0 Å². The van der Waals surface area contributed by atoms with Gasteiger partial charge in [-0.15, -0.1) is 10.2 Å². The zero-order chi connectivity index (χ0) is 18.6. The van der Waals surface area contributed by atoms with Crippen LogP contribution in [0, 0.1) is 0 Å². The number of nitrogens with one attached hydrogen (secondary N) is 3. The fourth-order valence-electron chi connectivity index (χ4n) is 3.51. The molecule has 8 heteroatoms. The number of piperidine rings is 1. The Bertz CT molecular complexity index is 798. The fourth-order valence-corrected chi connectivity index (χ4v) is 3.51. The third kappa shape index (κ3) is 4.16. The lowest BCUT2D eigenvalue weighted by molar-refractivity contribution is 0.0995. The Morgan fingerprint density at radius 1 is 1.07 bits per heavy atom. The molecule has 2 aromatic rings. The molecule has 2 fully saturated rings. The first-order chi connectivity index (χ1) is 13.2. The van der Waals surface area contributed by atoms with Gasteiger partial charge in [-0.25, -0.2) is 0 Å². The molecular weight excluding hydrogens is 342 g/mol. The highest BCUT2D eigenvalue weighted by Gasteiger charge is 2.22. The Hall–Kier alpha value is -2.74. The van der Waals surface area contributed by atoms with E-state index in [-0.39, 0.29) is 5.69 Å². The summed E-state index contributed by atoms with van der Waals surface area (Å²) in [5.74, 6) is 0.730. The van der Waals surface area contributed by atoms with Crippen molar-refractivity contribution in [2.24, 2.45) is 5.73 Å². The smallest absolute Gasteiger partial charge is 0.273 e. The van der Waals surface area contributed by atoms with E-state index < -0.39 is 5.91 Å². The second-order valence-corrected chi connectivity index (χ2v) is 7.24. The van der Waals surface area contributed by atoms with E-state index in [4.69, 9.17) is 5.73 Å². The van der Waals surface area contributed by atoms with E-state index in [1.54, 1.807) is 0 Å². The van der Waals surface area contributed by atoms with Gasteiger partial charge < -0.3 is 21.7 Å². The summed E-state index contributed by atoms with van der Waals surface area (Å²) >= 11 is 0. The lowest BCUT2D eigenvalue weighted by Gasteiger charge is -2.27. The van der Waals surface area contributed by atoms with E-state index in [1.807, 2.05) is 12.1 Å². The molecular formula is C19H25N7O. The normalized spacial score (nSPS) is 17.9. The Labute approximate surface area is 158 Å². The predicted octanol–water partition coefficient (Wildman–Crippen LogP) is 2.15. The second-order valence-electron chi connectivity index (χ2n) is 7.24. The van der Waals surface area contributed by atoms with Gasteiger partial charge in [0.15, 0.2) is 11.5 Å². The minimum atomic E-state index is -0.630. The van der Waals surface area contributed by atoms with E-state index in [1.165, 1.54) is 24.8 Å². The highest BCUT2D eigenvalue weighted by atomic mass is 16.1. The summed E-state index contributed by atoms with van der Waals surface area (Å²) in [6, 6.07) is 8.68. The Kier molecular flexibility index (Phi) is 5.15. The molecule has 1 aromatic carbocycles. The molecule has 2 aliphatic rings. The van der Waals surface area contributed by atoms with Gasteiger partial charge in [0.05, 0.1) is 0 Å². The van der Waals surface area contributed by atoms with E-state index in [0.717, 1.165) is 31.6 Å². The number of rotatable bonds is 6. The molecule has 0 radical (unpaired) electrons. The highest BCUT2D eigenvalue weighted by molar-refractivity contribution is 5.95. The van der Waals surface area contributed by atoms with Crippen molar-refractivity contribution in [2.75, 3.05) is 23.7 Å². The summed E-state index contributed by atoms with van der Waals surface area (Å²) in [6.07, 6.45) is 5.64. The number of carbonyl (C=O) groups is 1. The third-order valence-electron chi connectivity index (χ3n) is 5.34. The molecule has 27 heavy (non-hydrogen) atoms. The first-order valence-corrected chi connectivity index (χ1v) is 9.58. The summed E-state index contributed by atoms with van der Waals surface area (Å²) in [6.45, 7) is 2.15. The number of amides is 1. The first-order valence-electron chi connectivity index (χ1n) is 9.58. The number of hydrogen-bond acceptors (Lipinski definition) is 7. The second kappa shape index (κ2) is 7.87. The molecule has 1 amide bonds. The number of benzene rings is 1. The summed E-state index contributed by atoms with van der Waals surface area (Å²) in [4.78, 5) is 16.0. The van der Waals surface area contributed by atoms with Crippen molar-refractivity contribution < 1.29 is 4.79 Å². The van der Waals surface area contributed by atoms with E-state index in [0.29, 0.717) is 23.7 Å². The zero-order valence-electron chi connectivity index (χ0n) is 15.2. The Morgan fingerprint density at radius 2 is 1.81 bits per heavy atom. The Balaban J connectivity index is 1.48. The monoisotopic (exact) mass is 367 g/mol. The third-order valence-corrected chi connectivity index (χ3v) is 5.34.